The molecule has 0 amide bonds. The second-order valence-electron chi connectivity index (χ2n) is 8.49. The number of carbonyl (C=O) groups excluding carboxylic acids is 2. The summed E-state index contributed by atoms with van der Waals surface area (Å²) in [6.45, 7) is 3.75. The first-order valence-corrected chi connectivity index (χ1v) is 11.0. The fraction of sp³-hybridized carbons (Fsp3) is 0.304. The molecule has 1 aromatic heterocycles. The summed E-state index contributed by atoms with van der Waals surface area (Å²) in [7, 11) is 1.43. The van der Waals surface area contributed by atoms with Crippen LogP contribution in [0.4, 0.5) is 0 Å². The van der Waals surface area contributed by atoms with Gasteiger partial charge in [0, 0.05) is 36.6 Å². The maximum absolute atomic E-state index is 13.1. The van der Waals surface area contributed by atoms with Gasteiger partial charge in [0.2, 0.25) is 0 Å². The highest BCUT2D eigenvalue weighted by molar-refractivity contribution is 9.12. The van der Waals surface area contributed by atoms with Crippen LogP contribution in [-0.4, -0.2) is 30.6 Å². The van der Waals surface area contributed by atoms with Crippen molar-refractivity contribution >= 4 is 27.5 Å². The summed E-state index contributed by atoms with van der Waals surface area (Å²) in [6, 6.07) is 3.04. The molecule has 9 heteroatoms. The van der Waals surface area contributed by atoms with Crippen LogP contribution in [0.3, 0.4) is 0 Å². The smallest absolute Gasteiger partial charge is 0.347 e. The quantitative estimate of drug-likeness (QED) is 0.479. The third-order valence-corrected chi connectivity index (χ3v) is 7.23. The lowest BCUT2D eigenvalue weighted by atomic mass is 9.68. The Bertz CT molecular complexity index is 1440. The summed E-state index contributed by atoms with van der Waals surface area (Å²) < 4.78 is 4.00. The number of halogens is 1. The molecule has 2 aliphatic carbocycles. The zero-order valence-corrected chi connectivity index (χ0v) is 19.3. The number of hydrogen-bond acceptors (Lipinski definition) is 5. The number of fused-ring (bicyclic) bond motifs is 3. The minimum atomic E-state index is -0.571. The molecule has 32 heavy (non-hydrogen) atoms. The Hall–Kier alpha value is -3.20. The van der Waals surface area contributed by atoms with E-state index >= 15 is 0 Å². The predicted octanol–water partition coefficient (Wildman–Crippen LogP) is 2.07. The zero-order chi connectivity index (χ0) is 23.1. The van der Waals surface area contributed by atoms with Crippen LogP contribution in [0.1, 0.15) is 35.1 Å². The Morgan fingerprint density at radius 2 is 1.72 bits per heavy atom. The van der Waals surface area contributed by atoms with Crippen LogP contribution < -0.4 is 11.4 Å². The summed E-state index contributed by atoms with van der Waals surface area (Å²) in [5, 5.41) is 10.3. The monoisotopic (exact) mass is 497 g/mol. The van der Waals surface area contributed by atoms with Crippen molar-refractivity contribution in [2.24, 2.45) is 7.05 Å². The van der Waals surface area contributed by atoms with Crippen molar-refractivity contribution in [2.75, 3.05) is 0 Å². The summed E-state index contributed by atoms with van der Waals surface area (Å²) in [6.07, 6.45) is 3.32. The standard InChI is InChI=1S/C23H20BrN3O5/c1-10-6-12(7-11(2)20(10)29)18-13-4-5-26-22(31)25(3)23(32)27(26)16(13)8-14-19(18)17(28)9-15(24)21(14)30/h4,6-7,9,16,18,29H,5,8H2,1-3H3/t16-,18+/m1/s1. The molecule has 3 aliphatic rings. The van der Waals surface area contributed by atoms with Gasteiger partial charge in [0.25, 0.3) is 0 Å². The average molecular weight is 498 g/mol. The van der Waals surface area contributed by atoms with Gasteiger partial charge >= 0.3 is 11.4 Å². The van der Waals surface area contributed by atoms with Gasteiger partial charge in [0.05, 0.1) is 17.1 Å². The number of carbonyl (C=O) groups is 2. The molecular weight excluding hydrogens is 478 g/mol. The van der Waals surface area contributed by atoms with Crippen LogP contribution in [0, 0.1) is 13.8 Å². The van der Waals surface area contributed by atoms with Gasteiger partial charge in [-0.05, 0) is 52.0 Å². The molecule has 2 heterocycles. The van der Waals surface area contributed by atoms with Crippen molar-refractivity contribution < 1.29 is 14.7 Å². The zero-order valence-electron chi connectivity index (χ0n) is 17.7. The third-order valence-electron chi connectivity index (χ3n) is 6.64. The molecule has 0 saturated heterocycles. The Labute approximate surface area is 190 Å². The summed E-state index contributed by atoms with van der Waals surface area (Å²) in [5.41, 5.74) is 2.71. The SMILES string of the molecule is Cc1cc([C@H]2C3=CCn4c(=O)n(C)c(=O)n4[C@@H]3CC3=C2C(=O)C=C(Br)C3=O)cc(C)c1O. The molecule has 8 nitrogen and oxygen atoms in total. The summed E-state index contributed by atoms with van der Waals surface area (Å²) in [4.78, 5) is 51.6. The van der Waals surface area contributed by atoms with Gasteiger partial charge in [0.15, 0.2) is 11.6 Å². The van der Waals surface area contributed by atoms with Crippen molar-refractivity contribution in [3.8, 4) is 5.75 Å². The van der Waals surface area contributed by atoms with Gasteiger partial charge in [-0.3, -0.25) is 9.59 Å². The Balaban J connectivity index is 1.81. The Morgan fingerprint density at radius 3 is 2.38 bits per heavy atom. The van der Waals surface area contributed by atoms with E-state index in [2.05, 4.69) is 15.9 Å². The van der Waals surface area contributed by atoms with Gasteiger partial charge < -0.3 is 5.11 Å². The van der Waals surface area contributed by atoms with Crippen molar-refractivity contribution in [3.63, 3.8) is 0 Å². The fourth-order valence-electron chi connectivity index (χ4n) is 5.12. The number of aromatic nitrogens is 3. The van der Waals surface area contributed by atoms with Crippen molar-refractivity contribution in [2.45, 2.75) is 38.8 Å². The Morgan fingerprint density at radius 1 is 1.06 bits per heavy atom. The molecule has 0 spiro atoms. The van der Waals surface area contributed by atoms with Gasteiger partial charge in [-0.25, -0.2) is 23.5 Å². The number of phenols is 1. The topological polar surface area (TPSA) is 103 Å². The first-order valence-electron chi connectivity index (χ1n) is 10.2. The van der Waals surface area contributed by atoms with Gasteiger partial charge in [-0.1, -0.05) is 18.2 Å². The van der Waals surface area contributed by atoms with Crippen molar-refractivity contribution in [1.82, 2.24) is 13.9 Å². The molecule has 5 rings (SSSR count). The highest BCUT2D eigenvalue weighted by Crippen LogP contribution is 2.50. The van der Waals surface area contributed by atoms with E-state index in [0.717, 1.165) is 15.7 Å². The van der Waals surface area contributed by atoms with E-state index in [1.807, 2.05) is 6.08 Å². The molecule has 2 aromatic rings. The number of allylic oxidation sites excluding steroid dienone is 6. The van der Waals surface area contributed by atoms with Crippen LogP contribution >= 0.6 is 15.9 Å². The number of Topliss-reactive ketones (excluding diaryl/α,β-unsaturated/α-hetero) is 1. The first kappa shape index (κ1) is 20.7. The van der Waals surface area contributed by atoms with Gasteiger partial charge in [-0.15, -0.1) is 0 Å². The lowest BCUT2D eigenvalue weighted by Gasteiger charge is -2.39. The predicted molar refractivity (Wildman–Crippen MR) is 120 cm³/mol. The van der Waals surface area contributed by atoms with E-state index in [9.17, 15) is 24.3 Å². The van der Waals surface area contributed by atoms with Gasteiger partial charge in [0.1, 0.15) is 5.75 Å². The first-order chi connectivity index (χ1) is 15.1. The highest BCUT2D eigenvalue weighted by Gasteiger charge is 2.44. The minimum absolute atomic E-state index is 0.143. The molecule has 1 aliphatic heterocycles. The molecule has 2 atom stereocenters. The number of aryl methyl sites for hydroxylation is 2. The summed E-state index contributed by atoms with van der Waals surface area (Å²) in [5.74, 6) is -0.942. The number of aromatic hydroxyl groups is 1. The highest BCUT2D eigenvalue weighted by atomic mass is 79.9. The van der Waals surface area contributed by atoms with E-state index in [1.54, 1.807) is 26.0 Å². The van der Waals surface area contributed by atoms with Crippen molar-refractivity contribution in [1.29, 1.82) is 0 Å². The molecule has 0 saturated carbocycles. The van der Waals surface area contributed by atoms with Crippen LogP contribution in [0.2, 0.25) is 0 Å². The average Bonchev–Trinajstić information content (AvgIpc) is 2.98. The van der Waals surface area contributed by atoms with Crippen LogP contribution in [0.15, 0.2) is 55.1 Å². The Kier molecular flexibility index (Phi) is 4.46. The van der Waals surface area contributed by atoms with Gasteiger partial charge in [-0.2, -0.15) is 0 Å². The lowest BCUT2D eigenvalue weighted by molar-refractivity contribution is -0.115. The second kappa shape index (κ2) is 6.90. The minimum Gasteiger partial charge on any atom is -0.507 e. The largest absolute Gasteiger partial charge is 0.507 e. The second-order valence-corrected chi connectivity index (χ2v) is 9.34. The van der Waals surface area contributed by atoms with Crippen molar-refractivity contribution in [3.05, 3.63) is 83.1 Å². The normalized spacial score (nSPS) is 22.2. The molecule has 1 aromatic carbocycles. The van der Waals surface area contributed by atoms with E-state index in [4.69, 9.17) is 0 Å². The number of nitrogens with zero attached hydrogens (tertiary/aromatic N) is 3. The number of phenolic OH excluding ortho intramolecular Hbond substituents is 1. The molecule has 0 fully saturated rings. The third kappa shape index (κ3) is 2.67. The number of rotatable bonds is 1. The van der Waals surface area contributed by atoms with Crippen LogP contribution in [0.25, 0.3) is 0 Å². The molecule has 1 N–H and O–H groups in total. The maximum Gasteiger partial charge on any atom is 0.347 e. The molecule has 0 unspecified atom stereocenters. The van der Waals surface area contributed by atoms with E-state index < -0.39 is 23.3 Å². The molecule has 0 bridgehead atoms. The molecule has 0 radical (unpaired) electrons. The van der Waals surface area contributed by atoms with E-state index in [-0.39, 0.29) is 34.8 Å². The lowest BCUT2D eigenvalue weighted by Crippen LogP contribution is -2.40. The fourth-order valence-corrected chi connectivity index (χ4v) is 5.57. The van der Waals surface area contributed by atoms with Crippen LogP contribution in [0.5, 0.6) is 5.75 Å². The van der Waals surface area contributed by atoms with E-state index in [1.165, 1.54) is 22.5 Å². The number of benzene rings is 1. The maximum atomic E-state index is 13.1. The molecular formula is C23H20BrN3O5. The van der Waals surface area contributed by atoms with Crippen LogP contribution in [-0.2, 0) is 23.2 Å². The summed E-state index contributed by atoms with van der Waals surface area (Å²) >= 11 is 3.20. The number of ketones is 2. The molecule has 164 valence electrons. The van der Waals surface area contributed by atoms with E-state index in [0.29, 0.717) is 22.3 Å². The number of hydrogen-bond donors (Lipinski definition) is 1.